The molecular formula is C10H13N3. The summed E-state index contributed by atoms with van der Waals surface area (Å²) < 4.78 is 0. The first-order valence-electron chi connectivity index (χ1n) is 4.16. The highest BCUT2D eigenvalue weighted by Crippen LogP contribution is 2.30. The average molecular weight is 175 g/mol. The Hall–Kier alpha value is -1.43. The zero-order valence-electron chi connectivity index (χ0n) is 8.42. The van der Waals surface area contributed by atoms with Crippen molar-refractivity contribution in [2.75, 3.05) is 0 Å². The molecule has 0 spiro atoms. The minimum absolute atomic E-state index is 0.0897. The second-order valence-electron chi connectivity index (χ2n) is 4.02. The molecule has 0 fully saturated rings. The van der Waals surface area contributed by atoms with Crippen LogP contribution in [0.3, 0.4) is 0 Å². The van der Waals surface area contributed by atoms with E-state index in [0.29, 0.717) is 5.69 Å². The summed E-state index contributed by atoms with van der Waals surface area (Å²) in [5, 5.41) is 0. The molecule has 0 bridgehead atoms. The van der Waals surface area contributed by atoms with E-state index in [4.69, 9.17) is 6.57 Å². The van der Waals surface area contributed by atoms with Crippen LogP contribution in [-0.2, 0) is 5.41 Å². The summed E-state index contributed by atoms with van der Waals surface area (Å²) in [6, 6.07) is 0. The summed E-state index contributed by atoms with van der Waals surface area (Å²) in [6.45, 7) is 15.0. The largest absolute Gasteiger partial charge is 0.253 e. The van der Waals surface area contributed by atoms with E-state index in [9.17, 15) is 0 Å². The lowest BCUT2D eigenvalue weighted by molar-refractivity contribution is 0.569. The number of aryl methyl sites for hydroxylation is 1. The normalized spacial score (nSPS) is 11.0. The number of rotatable bonds is 0. The van der Waals surface area contributed by atoms with Gasteiger partial charge in [-0.3, -0.25) is 9.97 Å². The van der Waals surface area contributed by atoms with Crippen LogP contribution in [0.1, 0.15) is 32.2 Å². The minimum Gasteiger partial charge on any atom is -0.253 e. The first-order chi connectivity index (χ1) is 5.96. The summed E-state index contributed by atoms with van der Waals surface area (Å²) in [5.41, 5.74) is 2.09. The molecule has 0 aromatic carbocycles. The van der Waals surface area contributed by atoms with Crippen molar-refractivity contribution >= 4 is 5.69 Å². The number of nitrogens with zero attached hydrogens (tertiary/aromatic N) is 3. The maximum atomic E-state index is 7.05. The monoisotopic (exact) mass is 175 g/mol. The topological polar surface area (TPSA) is 30.1 Å². The maximum Gasteiger partial charge on any atom is 0.229 e. The van der Waals surface area contributed by atoms with E-state index >= 15 is 0 Å². The number of aromatic nitrogens is 2. The van der Waals surface area contributed by atoms with Crippen LogP contribution in [0.5, 0.6) is 0 Å². The molecule has 0 saturated heterocycles. The van der Waals surface area contributed by atoms with Gasteiger partial charge in [0, 0.05) is 5.69 Å². The van der Waals surface area contributed by atoms with Gasteiger partial charge in [-0.15, -0.1) is 0 Å². The zero-order valence-corrected chi connectivity index (χ0v) is 8.42. The van der Waals surface area contributed by atoms with Crippen molar-refractivity contribution in [1.29, 1.82) is 0 Å². The molecule has 13 heavy (non-hydrogen) atoms. The third-order valence-electron chi connectivity index (χ3n) is 1.83. The van der Waals surface area contributed by atoms with Gasteiger partial charge in [-0.25, -0.2) is 4.85 Å². The highest BCUT2D eigenvalue weighted by molar-refractivity contribution is 5.54. The molecule has 0 amide bonds. The summed E-state index contributed by atoms with van der Waals surface area (Å²) in [7, 11) is 0. The minimum atomic E-state index is -0.0897. The molecule has 0 N–H and O–H groups in total. The molecule has 3 heteroatoms. The van der Waals surface area contributed by atoms with E-state index in [1.165, 1.54) is 6.33 Å². The predicted octanol–water partition coefficient (Wildman–Crippen LogP) is 2.63. The Labute approximate surface area is 78.7 Å². The smallest absolute Gasteiger partial charge is 0.229 e. The second-order valence-corrected chi connectivity index (χ2v) is 4.02. The molecule has 1 aromatic heterocycles. The second kappa shape index (κ2) is 3.14. The van der Waals surface area contributed by atoms with E-state index in [1.54, 1.807) is 0 Å². The Morgan fingerprint density at radius 2 is 1.92 bits per heavy atom. The number of hydrogen-bond acceptors (Lipinski definition) is 2. The van der Waals surface area contributed by atoms with Crippen LogP contribution in [0.2, 0.25) is 0 Å². The molecule has 1 heterocycles. The molecule has 3 nitrogen and oxygen atoms in total. The highest BCUT2D eigenvalue weighted by atomic mass is 14.9. The lowest BCUT2D eigenvalue weighted by atomic mass is 9.90. The molecule has 0 radical (unpaired) electrons. The molecule has 0 aliphatic carbocycles. The summed E-state index contributed by atoms with van der Waals surface area (Å²) in [4.78, 5) is 11.6. The van der Waals surface area contributed by atoms with Crippen LogP contribution >= 0.6 is 0 Å². The third-order valence-corrected chi connectivity index (χ3v) is 1.83. The Kier molecular flexibility index (Phi) is 2.33. The molecular weight excluding hydrogens is 162 g/mol. The van der Waals surface area contributed by atoms with Crippen LogP contribution in [0.25, 0.3) is 4.85 Å². The number of hydrogen-bond donors (Lipinski definition) is 0. The van der Waals surface area contributed by atoms with Gasteiger partial charge in [0.05, 0.1) is 12.3 Å². The Balaban J connectivity index is 3.40. The summed E-state index contributed by atoms with van der Waals surface area (Å²) >= 11 is 0. The quantitative estimate of drug-likeness (QED) is 0.567. The van der Waals surface area contributed by atoms with Gasteiger partial charge in [-0.05, 0) is 12.3 Å². The van der Waals surface area contributed by atoms with Gasteiger partial charge >= 0.3 is 0 Å². The van der Waals surface area contributed by atoms with Gasteiger partial charge < -0.3 is 0 Å². The van der Waals surface area contributed by atoms with Crippen LogP contribution in [0.15, 0.2) is 6.33 Å². The fourth-order valence-electron chi connectivity index (χ4n) is 1.15. The Morgan fingerprint density at radius 3 is 2.31 bits per heavy atom. The van der Waals surface area contributed by atoms with Crippen molar-refractivity contribution in [1.82, 2.24) is 9.97 Å². The highest BCUT2D eigenvalue weighted by Gasteiger charge is 2.21. The molecule has 0 aliphatic rings. The first-order valence-corrected chi connectivity index (χ1v) is 4.16. The van der Waals surface area contributed by atoms with Crippen molar-refractivity contribution in [3.63, 3.8) is 0 Å². The summed E-state index contributed by atoms with van der Waals surface area (Å²) in [5.74, 6) is 0. The van der Waals surface area contributed by atoms with Gasteiger partial charge in [0.25, 0.3) is 0 Å². The lowest BCUT2D eigenvalue weighted by Crippen LogP contribution is -2.14. The molecule has 0 atom stereocenters. The van der Waals surface area contributed by atoms with E-state index in [-0.39, 0.29) is 5.41 Å². The van der Waals surface area contributed by atoms with E-state index < -0.39 is 0 Å². The lowest BCUT2D eigenvalue weighted by Gasteiger charge is -2.19. The van der Waals surface area contributed by atoms with Crippen molar-refractivity contribution in [2.45, 2.75) is 33.1 Å². The molecule has 1 rings (SSSR count). The van der Waals surface area contributed by atoms with Crippen molar-refractivity contribution in [3.8, 4) is 0 Å². The van der Waals surface area contributed by atoms with E-state index in [0.717, 1.165) is 11.4 Å². The summed E-state index contributed by atoms with van der Waals surface area (Å²) in [6.07, 6.45) is 1.52. The third kappa shape index (κ3) is 1.83. The molecule has 68 valence electrons. The predicted molar refractivity (Wildman–Crippen MR) is 51.7 cm³/mol. The SMILES string of the molecule is [C-]#[N+]c1c(C)ncnc1C(C)(C)C. The van der Waals surface area contributed by atoms with Gasteiger partial charge in [-0.2, -0.15) is 0 Å². The Bertz CT molecular complexity index is 355. The zero-order chi connectivity index (χ0) is 10.1. The van der Waals surface area contributed by atoms with Crippen molar-refractivity contribution in [3.05, 3.63) is 29.1 Å². The van der Waals surface area contributed by atoms with Crippen molar-refractivity contribution in [2.24, 2.45) is 0 Å². The van der Waals surface area contributed by atoms with Gasteiger partial charge in [-0.1, -0.05) is 20.8 Å². The van der Waals surface area contributed by atoms with E-state index in [2.05, 4.69) is 14.8 Å². The van der Waals surface area contributed by atoms with Crippen LogP contribution < -0.4 is 0 Å². The first kappa shape index (κ1) is 9.66. The van der Waals surface area contributed by atoms with Crippen LogP contribution in [-0.4, -0.2) is 9.97 Å². The molecule has 0 aliphatic heterocycles. The fourth-order valence-corrected chi connectivity index (χ4v) is 1.15. The standard InChI is InChI=1S/C10H13N3/c1-7-8(11-5)9(10(2,3)4)13-6-12-7/h6H,1-4H3. The molecule has 0 saturated carbocycles. The van der Waals surface area contributed by atoms with Gasteiger partial charge in [0.2, 0.25) is 5.69 Å². The molecule has 0 unspecified atom stereocenters. The molecule has 1 aromatic rings. The van der Waals surface area contributed by atoms with Gasteiger partial charge in [0.15, 0.2) is 0 Å². The van der Waals surface area contributed by atoms with E-state index in [1.807, 2.05) is 27.7 Å². The Morgan fingerprint density at radius 1 is 1.31 bits per heavy atom. The average Bonchev–Trinajstić information content (AvgIpc) is 2.02. The van der Waals surface area contributed by atoms with Crippen LogP contribution in [0.4, 0.5) is 5.69 Å². The maximum absolute atomic E-state index is 7.05. The van der Waals surface area contributed by atoms with Crippen LogP contribution in [0, 0.1) is 13.5 Å². The van der Waals surface area contributed by atoms with Gasteiger partial charge in [0.1, 0.15) is 6.33 Å². The fraction of sp³-hybridized carbons (Fsp3) is 0.500. The van der Waals surface area contributed by atoms with Crippen molar-refractivity contribution < 1.29 is 0 Å².